The largest absolute Gasteiger partial charge is 0.441 e. The molecule has 0 aliphatic carbocycles. The molecule has 96 valence electrons. The van der Waals surface area contributed by atoms with Gasteiger partial charge in [-0.3, -0.25) is 0 Å². The van der Waals surface area contributed by atoms with Crippen LogP contribution in [0.1, 0.15) is 0 Å². The standard InChI is InChI=1S/C13H8BrClN2O2/c14-8-3-1-7(2-4-8)11-12(19-17-13(11)16)9-5-6-10(15)18-9/h1-6H,(H2,16,17). The Bertz CT molecular complexity index is 719. The second-order valence-corrected chi connectivity index (χ2v) is 5.17. The Balaban J connectivity index is 2.16. The zero-order valence-electron chi connectivity index (χ0n) is 9.56. The Morgan fingerprint density at radius 3 is 2.47 bits per heavy atom. The maximum absolute atomic E-state index is 5.86. The third-order valence-electron chi connectivity index (χ3n) is 2.65. The maximum atomic E-state index is 5.86. The Morgan fingerprint density at radius 1 is 1.11 bits per heavy atom. The van der Waals surface area contributed by atoms with Gasteiger partial charge in [0.15, 0.2) is 16.8 Å². The lowest BCUT2D eigenvalue weighted by atomic mass is 10.1. The molecule has 4 nitrogen and oxygen atoms in total. The molecule has 0 spiro atoms. The number of halogens is 2. The number of aromatic nitrogens is 1. The quantitative estimate of drug-likeness (QED) is 0.741. The van der Waals surface area contributed by atoms with Crippen molar-refractivity contribution in [1.82, 2.24) is 5.16 Å². The van der Waals surface area contributed by atoms with Crippen LogP contribution in [0.5, 0.6) is 0 Å². The van der Waals surface area contributed by atoms with Gasteiger partial charge >= 0.3 is 0 Å². The molecular weight excluding hydrogens is 332 g/mol. The van der Waals surface area contributed by atoms with Crippen LogP contribution in [0, 0.1) is 0 Å². The van der Waals surface area contributed by atoms with E-state index in [1.165, 1.54) is 0 Å². The molecule has 0 atom stereocenters. The Hall–Kier alpha value is -1.72. The van der Waals surface area contributed by atoms with E-state index in [1.54, 1.807) is 12.1 Å². The molecule has 2 N–H and O–H groups in total. The zero-order valence-corrected chi connectivity index (χ0v) is 11.9. The van der Waals surface area contributed by atoms with Crippen LogP contribution in [0.2, 0.25) is 5.22 Å². The predicted octanol–water partition coefficient (Wildman–Crippen LogP) is 4.60. The molecule has 0 fully saturated rings. The Morgan fingerprint density at radius 2 is 1.84 bits per heavy atom. The Labute approximate surface area is 122 Å². The fraction of sp³-hybridized carbons (Fsp3) is 0. The summed E-state index contributed by atoms with van der Waals surface area (Å²) in [6.45, 7) is 0. The molecule has 0 unspecified atom stereocenters. The lowest BCUT2D eigenvalue weighted by molar-refractivity contribution is 0.421. The minimum Gasteiger partial charge on any atom is -0.441 e. The summed E-state index contributed by atoms with van der Waals surface area (Å²) in [7, 11) is 0. The number of furan rings is 1. The molecule has 0 saturated heterocycles. The monoisotopic (exact) mass is 338 g/mol. The van der Waals surface area contributed by atoms with Gasteiger partial charge in [-0.05, 0) is 41.4 Å². The van der Waals surface area contributed by atoms with Crippen LogP contribution in [-0.4, -0.2) is 5.16 Å². The van der Waals surface area contributed by atoms with Crippen molar-refractivity contribution in [2.24, 2.45) is 0 Å². The van der Waals surface area contributed by atoms with E-state index in [0.717, 1.165) is 10.0 Å². The van der Waals surface area contributed by atoms with Crippen molar-refractivity contribution in [2.75, 3.05) is 5.73 Å². The van der Waals surface area contributed by atoms with Crippen molar-refractivity contribution < 1.29 is 8.94 Å². The third-order valence-corrected chi connectivity index (χ3v) is 3.38. The van der Waals surface area contributed by atoms with Gasteiger partial charge in [-0.25, -0.2) is 0 Å². The molecule has 2 aromatic heterocycles. The first-order valence-electron chi connectivity index (χ1n) is 5.42. The first kappa shape index (κ1) is 12.3. The van der Waals surface area contributed by atoms with Crippen molar-refractivity contribution in [2.45, 2.75) is 0 Å². The van der Waals surface area contributed by atoms with Crippen molar-refractivity contribution in [1.29, 1.82) is 0 Å². The minimum atomic E-state index is 0.284. The van der Waals surface area contributed by atoms with Gasteiger partial charge in [0, 0.05) is 4.47 Å². The van der Waals surface area contributed by atoms with Gasteiger partial charge in [0.05, 0.1) is 5.56 Å². The maximum Gasteiger partial charge on any atom is 0.212 e. The van der Waals surface area contributed by atoms with E-state index in [9.17, 15) is 0 Å². The normalized spacial score (nSPS) is 10.8. The molecule has 0 saturated carbocycles. The summed E-state index contributed by atoms with van der Waals surface area (Å²) in [6, 6.07) is 11.0. The molecule has 0 amide bonds. The average Bonchev–Trinajstić information content (AvgIpc) is 2.97. The highest BCUT2D eigenvalue weighted by Crippen LogP contribution is 2.38. The lowest BCUT2D eigenvalue weighted by Crippen LogP contribution is -1.88. The number of nitrogens with two attached hydrogens (primary N) is 1. The number of benzene rings is 1. The number of nitrogens with zero attached hydrogens (tertiary/aromatic N) is 1. The SMILES string of the molecule is Nc1noc(-c2ccc(Cl)o2)c1-c1ccc(Br)cc1. The number of hydrogen-bond donors (Lipinski definition) is 1. The molecule has 3 aromatic rings. The molecular formula is C13H8BrClN2O2. The molecule has 3 rings (SSSR count). The second kappa shape index (κ2) is 4.75. The van der Waals surface area contributed by atoms with E-state index in [4.69, 9.17) is 26.3 Å². The number of anilines is 1. The average molecular weight is 340 g/mol. The van der Waals surface area contributed by atoms with Gasteiger partial charge in [0.25, 0.3) is 0 Å². The van der Waals surface area contributed by atoms with E-state index in [-0.39, 0.29) is 5.22 Å². The van der Waals surface area contributed by atoms with Crippen molar-refractivity contribution in [3.8, 4) is 22.6 Å². The molecule has 6 heteroatoms. The number of rotatable bonds is 2. The fourth-order valence-electron chi connectivity index (χ4n) is 1.80. The van der Waals surface area contributed by atoms with Crippen LogP contribution in [0.15, 0.2) is 49.8 Å². The van der Waals surface area contributed by atoms with E-state index in [2.05, 4.69) is 21.1 Å². The summed E-state index contributed by atoms with van der Waals surface area (Å²) in [6.07, 6.45) is 0. The summed E-state index contributed by atoms with van der Waals surface area (Å²) in [4.78, 5) is 0. The van der Waals surface area contributed by atoms with Gasteiger partial charge < -0.3 is 14.7 Å². The molecule has 0 aliphatic heterocycles. The van der Waals surface area contributed by atoms with Gasteiger partial charge in [0.2, 0.25) is 5.76 Å². The minimum absolute atomic E-state index is 0.284. The third kappa shape index (κ3) is 2.27. The number of hydrogen-bond acceptors (Lipinski definition) is 4. The highest BCUT2D eigenvalue weighted by molar-refractivity contribution is 9.10. The van der Waals surface area contributed by atoms with Crippen LogP contribution in [0.4, 0.5) is 5.82 Å². The highest BCUT2D eigenvalue weighted by atomic mass is 79.9. The van der Waals surface area contributed by atoms with Crippen molar-refractivity contribution in [3.63, 3.8) is 0 Å². The van der Waals surface area contributed by atoms with Crippen LogP contribution in [0.3, 0.4) is 0 Å². The molecule has 19 heavy (non-hydrogen) atoms. The van der Waals surface area contributed by atoms with E-state index in [1.807, 2.05) is 24.3 Å². The molecule has 0 radical (unpaired) electrons. The molecule has 2 heterocycles. The van der Waals surface area contributed by atoms with Crippen molar-refractivity contribution in [3.05, 3.63) is 46.1 Å². The summed E-state index contributed by atoms with van der Waals surface area (Å²) in [5.74, 6) is 1.27. The smallest absolute Gasteiger partial charge is 0.212 e. The van der Waals surface area contributed by atoms with Crippen LogP contribution < -0.4 is 5.73 Å². The molecule has 1 aromatic carbocycles. The summed E-state index contributed by atoms with van der Waals surface area (Å²) in [5.41, 5.74) is 7.45. The molecule has 0 aliphatic rings. The predicted molar refractivity (Wildman–Crippen MR) is 76.8 cm³/mol. The summed E-state index contributed by atoms with van der Waals surface area (Å²) < 4.78 is 11.6. The fourth-order valence-corrected chi connectivity index (χ4v) is 2.21. The topological polar surface area (TPSA) is 65.2 Å². The van der Waals surface area contributed by atoms with Crippen LogP contribution in [-0.2, 0) is 0 Å². The lowest BCUT2D eigenvalue weighted by Gasteiger charge is -2.01. The van der Waals surface area contributed by atoms with Crippen molar-refractivity contribution >= 4 is 33.3 Å². The van der Waals surface area contributed by atoms with Crippen LogP contribution >= 0.6 is 27.5 Å². The van der Waals surface area contributed by atoms with Crippen LogP contribution in [0.25, 0.3) is 22.6 Å². The van der Waals surface area contributed by atoms with Gasteiger partial charge in [0.1, 0.15) is 0 Å². The summed E-state index contributed by atoms with van der Waals surface area (Å²) >= 11 is 9.16. The van der Waals surface area contributed by atoms with Gasteiger partial charge in [-0.2, -0.15) is 0 Å². The zero-order chi connectivity index (χ0) is 13.4. The van der Waals surface area contributed by atoms with Gasteiger partial charge in [-0.15, -0.1) is 0 Å². The Kier molecular flexibility index (Phi) is 3.08. The van der Waals surface area contributed by atoms with E-state index < -0.39 is 0 Å². The van der Waals surface area contributed by atoms with Gasteiger partial charge in [-0.1, -0.05) is 33.2 Å². The molecule has 0 bridgehead atoms. The first-order chi connectivity index (χ1) is 9.15. The summed E-state index contributed by atoms with van der Waals surface area (Å²) in [5, 5.41) is 4.07. The number of nitrogen functional groups attached to an aromatic ring is 1. The van der Waals surface area contributed by atoms with E-state index >= 15 is 0 Å². The van der Waals surface area contributed by atoms with E-state index in [0.29, 0.717) is 22.9 Å². The second-order valence-electron chi connectivity index (χ2n) is 3.88. The first-order valence-corrected chi connectivity index (χ1v) is 6.59. The highest BCUT2D eigenvalue weighted by Gasteiger charge is 2.20.